The van der Waals surface area contributed by atoms with Crippen molar-refractivity contribution in [3.05, 3.63) is 59.7 Å². The van der Waals surface area contributed by atoms with Gasteiger partial charge >= 0.3 is 6.18 Å². The Bertz CT molecular complexity index is 614. The van der Waals surface area contributed by atoms with Crippen LogP contribution in [-0.2, 0) is 6.18 Å². The Morgan fingerprint density at radius 3 is 2.61 bits per heavy atom. The van der Waals surface area contributed by atoms with E-state index in [1.807, 2.05) is 13.8 Å². The molecule has 1 aromatic carbocycles. The number of hydrogen-bond acceptors (Lipinski definition) is 3. The summed E-state index contributed by atoms with van der Waals surface area (Å²) in [5.74, 6) is 0. The standard InChI is InChI=1S/C17H20F3N3/c1-3-5-15(23-12(2)16-11-21-8-9-22-16)13-6-4-7-14(10-13)17(18,19)20/h4,6-12,15,23H,3,5H2,1-2H3. The van der Waals surface area contributed by atoms with Gasteiger partial charge in [-0.2, -0.15) is 13.2 Å². The summed E-state index contributed by atoms with van der Waals surface area (Å²) in [7, 11) is 0. The lowest BCUT2D eigenvalue weighted by Gasteiger charge is -2.24. The molecule has 0 fully saturated rings. The molecule has 0 radical (unpaired) electrons. The van der Waals surface area contributed by atoms with Crippen LogP contribution in [0, 0.1) is 0 Å². The summed E-state index contributed by atoms with van der Waals surface area (Å²) >= 11 is 0. The smallest absolute Gasteiger partial charge is 0.302 e. The molecule has 0 bridgehead atoms. The van der Waals surface area contributed by atoms with E-state index >= 15 is 0 Å². The van der Waals surface area contributed by atoms with Crippen LogP contribution in [0.4, 0.5) is 13.2 Å². The van der Waals surface area contributed by atoms with Crippen LogP contribution in [0.2, 0.25) is 0 Å². The van der Waals surface area contributed by atoms with Crippen molar-refractivity contribution in [1.29, 1.82) is 0 Å². The van der Waals surface area contributed by atoms with Gasteiger partial charge in [-0.25, -0.2) is 0 Å². The molecule has 23 heavy (non-hydrogen) atoms. The van der Waals surface area contributed by atoms with E-state index in [2.05, 4.69) is 15.3 Å². The van der Waals surface area contributed by atoms with E-state index in [4.69, 9.17) is 0 Å². The number of hydrogen-bond donors (Lipinski definition) is 1. The van der Waals surface area contributed by atoms with Crippen LogP contribution < -0.4 is 5.32 Å². The van der Waals surface area contributed by atoms with Crippen molar-refractivity contribution in [3.8, 4) is 0 Å². The Morgan fingerprint density at radius 1 is 1.22 bits per heavy atom. The maximum atomic E-state index is 12.9. The van der Waals surface area contributed by atoms with Gasteiger partial charge in [-0.05, 0) is 31.0 Å². The van der Waals surface area contributed by atoms with E-state index in [0.717, 1.165) is 24.6 Å². The van der Waals surface area contributed by atoms with Gasteiger partial charge < -0.3 is 5.32 Å². The van der Waals surface area contributed by atoms with Crippen LogP contribution in [0.15, 0.2) is 42.9 Å². The van der Waals surface area contributed by atoms with Gasteiger partial charge in [0, 0.05) is 30.7 Å². The first-order valence-electron chi connectivity index (χ1n) is 7.61. The topological polar surface area (TPSA) is 37.8 Å². The summed E-state index contributed by atoms with van der Waals surface area (Å²) in [6.07, 6.45) is 2.13. The Hall–Kier alpha value is -1.95. The highest BCUT2D eigenvalue weighted by molar-refractivity contribution is 5.28. The zero-order valence-electron chi connectivity index (χ0n) is 13.1. The fourth-order valence-electron chi connectivity index (χ4n) is 2.49. The average molecular weight is 323 g/mol. The summed E-state index contributed by atoms with van der Waals surface area (Å²) < 4.78 is 38.7. The molecule has 2 unspecified atom stereocenters. The van der Waals surface area contributed by atoms with Gasteiger partial charge in [-0.15, -0.1) is 0 Å². The predicted molar refractivity (Wildman–Crippen MR) is 82.7 cm³/mol. The fraction of sp³-hybridized carbons (Fsp3) is 0.412. The number of halogens is 3. The first-order chi connectivity index (χ1) is 10.9. The number of nitrogens with one attached hydrogen (secondary N) is 1. The van der Waals surface area contributed by atoms with Gasteiger partial charge in [0.05, 0.1) is 11.3 Å². The molecule has 1 N–H and O–H groups in total. The fourth-order valence-corrected chi connectivity index (χ4v) is 2.49. The highest BCUT2D eigenvalue weighted by Crippen LogP contribution is 2.32. The third-order valence-electron chi connectivity index (χ3n) is 3.67. The quantitative estimate of drug-likeness (QED) is 0.838. The molecule has 2 atom stereocenters. The highest BCUT2D eigenvalue weighted by Gasteiger charge is 2.31. The third-order valence-corrected chi connectivity index (χ3v) is 3.67. The summed E-state index contributed by atoms with van der Waals surface area (Å²) in [6.45, 7) is 3.94. The first-order valence-corrected chi connectivity index (χ1v) is 7.61. The van der Waals surface area contributed by atoms with E-state index < -0.39 is 11.7 Å². The van der Waals surface area contributed by atoms with E-state index in [1.54, 1.807) is 24.7 Å². The molecular weight excluding hydrogens is 303 g/mol. The number of alkyl halides is 3. The van der Waals surface area contributed by atoms with Crippen molar-refractivity contribution in [2.45, 2.75) is 44.9 Å². The van der Waals surface area contributed by atoms with Crippen LogP contribution >= 0.6 is 0 Å². The summed E-state index contributed by atoms with van der Waals surface area (Å²) in [5, 5.41) is 3.36. The van der Waals surface area contributed by atoms with Crippen LogP contribution in [-0.4, -0.2) is 9.97 Å². The van der Waals surface area contributed by atoms with Crippen LogP contribution in [0.1, 0.15) is 55.6 Å². The molecule has 2 aromatic rings. The Balaban J connectivity index is 2.21. The normalized spacial score (nSPS) is 14.5. The van der Waals surface area contributed by atoms with Crippen molar-refractivity contribution < 1.29 is 13.2 Å². The SMILES string of the molecule is CCCC(NC(C)c1cnccn1)c1cccc(C(F)(F)F)c1. The molecule has 2 rings (SSSR count). The molecule has 0 spiro atoms. The predicted octanol–water partition coefficient (Wildman–Crippen LogP) is 4.69. The number of benzene rings is 1. The lowest BCUT2D eigenvalue weighted by Crippen LogP contribution is -2.25. The Morgan fingerprint density at radius 2 is 2.00 bits per heavy atom. The van der Waals surface area contributed by atoms with Crippen molar-refractivity contribution >= 4 is 0 Å². The van der Waals surface area contributed by atoms with Gasteiger partial charge in [-0.3, -0.25) is 9.97 Å². The molecule has 1 aromatic heterocycles. The highest BCUT2D eigenvalue weighted by atomic mass is 19.4. The molecule has 6 heteroatoms. The monoisotopic (exact) mass is 323 g/mol. The molecule has 1 heterocycles. The van der Waals surface area contributed by atoms with Gasteiger partial charge in [0.25, 0.3) is 0 Å². The summed E-state index contributed by atoms with van der Waals surface area (Å²) in [4.78, 5) is 8.26. The Kier molecular flexibility index (Phi) is 5.71. The zero-order valence-corrected chi connectivity index (χ0v) is 13.1. The maximum absolute atomic E-state index is 12.9. The minimum atomic E-state index is -4.33. The van der Waals surface area contributed by atoms with Crippen molar-refractivity contribution in [3.63, 3.8) is 0 Å². The molecule has 3 nitrogen and oxygen atoms in total. The molecular formula is C17H20F3N3. The minimum Gasteiger partial charge on any atom is -0.302 e. The molecule has 124 valence electrons. The van der Waals surface area contributed by atoms with Crippen LogP contribution in [0.25, 0.3) is 0 Å². The number of rotatable bonds is 6. The lowest BCUT2D eigenvalue weighted by molar-refractivity contribution is -0.137. The Labute approximate surface area is 134 Å². The van der Waals surface area contributed by atoms with Gasteiger partial charge in [0.1, 0.15) is 0 Å². The van der Waals surface area contributed by atoms with Gasteiger partial charge in [0.2, 0.25) is 0 Å². The second-order valence-corrected chi connectivity index (χ2v) is 5.48. The molecule has 0 amide bonds. The number of aromatic nitrogens is 2. The number of nitrogens with zero attached hydrogens (tertiary/aromatic N) is 2. The maximum Gasteiger partial charge on any atom is 0.416 e. The lowest BCUT2D eigenvalue weighted by atomic mass is 9.99. The first kappa shape index (κ1) is 17.4. The molecule has 0 aliphatic heterocycles. The largest absolute Gasteiger partial charge is 0.416 e. The van der Waals surface area contributed by atoms with E-state index in [0.29, 0.717) is 5.56 Å². The van der Waals surface area contributed by atoms with Crippen molar-refractivity contribution in [2.75, 3.05) is 0 Å². The molecule has 0 aliphatic carbocycles. The van der Waals surface area contributed by atoms with Crippen molar-refractivity contribution in [2.24, 2.45) is 0 Å². The summed E-state index contributed by atoms with van der Waals surface area (Å²) in [5.41, 5.74) is 0.781. The molecule has 0 aliphatic rings. The van der Waals surface area contributed by atoms with Gasteiger partial charge in [0.15, 0.2) is 0 Å². The average Bonchev–Trinajstić information content (AvgIpc) is 2.54. The molecule has 0 saturated carbocycles. The molecule has 0 saturated heterocycles. The second kappa shape index (κ2) is 7.55. The van der Waals surface area contributed by atoms with Gasteiger partial charge in [-0.1, -0.05) is 25.5 Å². The zero-order chi connectivity index (χ0) is 16.9. The summed E-state index contributed by atoms with van der Waals surface area (Å²) in [6, 6.07) is 5.23. The van der Waals surface area contributed by atoms with Crippen LogP contribution in [0.3, 0.4) is 0 Å². The van der Waals surface area contributed by atoms with E-state index in [1.165, 1.54) is 12.1 Å². The van der Waals surface area contributed by atoms with E-state index in [-0.39, 0.29) is 12.1 Å². The van der Waals surface area contributed by atoms with Crippen molar-refractivity contribution in [1.82, 2.24) is 15.3 Å². The third kappa shape index (κ3) is 4.76. The second-order valence-electron chi connectivity index (χ2n) is 5.48. The van der Waals surface area contributed by atoms with Crippen LogP contribution in [0.5, 0.6) is 0 Å². The van der Waals surface area contributed by atoms with E-state index in [9.17, 15) is 13.2 Å². The minimum absolute atomic E-state index is 0.102.